The van der Waals surface area contributed by atoms with Crippen molar-refractivity contribution in [3.63, 3.8) is 0 Å². The monoisotopic (exact) mass is 294 g/mol. The predicted molar refractivity (Wildman–Crippen MR) is 85.2 cm³/mol. The van der Waals surface area contributed by atoms with Crippen molar-refractivity contribution in [1.29, 1.82) is 0 Å². The third kappa shape index (κ3) is 4.17. The van der Waals surface area contributed by atoms with Gasteiger partial charge < -0.3 is 15.0 Å². The average Bonchev–Trinajstić information content (AvgIpc) is 2.48. The first-order valence-electron chi connectivity index (χ1n) is 7.92. The van der Waals surface area contributed by atoms with E-state index in [9.17, 15) is 4.39 Å². The summed E-state index contributed by atoms with van der Waals surface area (Å²) in [7, 11) is 1.74. The molecule has 21 heavy (non-hydrogen) atoms. The van der Waals surface area contributed by atoms with Crippen LogP contribution in [0.1, 0.15) is 32.3 Å². The topological polar surface area (TPSA) is 24.5 Å². The number of piperidine rings is 1. The zero-order chi connectivity index (χ0) is 15.2. The van der Waals surface area contributed by atoms with Crippen LogP contribution in [0.4, 0.5) is 10.1 Å². The first-order valence-corrected chi connectivity index (χ1v) is 7.92. The minimum absolute atomic E-state index is 0.129. The number of rotatable bonds is 6. The van der Waals surface area contributed by atoms with Crippen molar-refractivity contribution < 1.29 is 9.13 Å². The van der Waals surface area contributed by atoms with Gasteiger partial charge in [0.25, 0.3) is 0 Å². The number of benzene rings is 1. The molecule has 2 atom stereocenters. The molecule has 118 valence electrons. The summed E-state index contributed by atoms with van der Waals surface area (Å²) in [5, 5.41) is 3.30. The molecule has 1 aromatic carbocycles. The molecule has 0 aliphatic carbocycles. The van der Waals surface area contributed by atoms with Gasteiger partial charge in [0.05, 0.1) is 11.8 Å². The van der Waals surface area contributed by atoms with Crippen LogP contribution < -0.4 is 10.2 Å². The molecular formula is C17H27FN2O. The van der Waals surface area contributed by atoms with Crippen LogP contribution in [-0.2, 0) is 11.3 Å². The molecule has 0 spiro atoms. The molecule has 1 fully saturated rings. The average molecular weight is 294 g/mol. The van der Waals surface area contributed by atoms with Gasteiger partial charge in [0.2, 0.25) is 0 Å². The Labute approximate surface area is 127 Å². The van der Waals surface area contributed by atoms with Crippen molar-refractivity contribution in [3.8, 4) is 0 Å². The van der Waals surface area contributed by atoms with Crippen molar-refractivity contribution in [2.75, 3.05) is 31.6 Å². The summed E-state index contributed by atoms with van der Waals surface area (Å²) in [4.78, 5) is 2.10. The summed E-state index contributed by atoms with van der Waals surface area (Å²) in [5.41, 5.74) is 1.70. The van der Waals surface area contributed by atoms with E-state index >= 15 is 0 Å². The van der Waals surface area contributed by atoms with Crippen molar-refractivity contribution in [2.45, 2.75) is 39.3 Å². The predicted octanol–water partition coefficient (Wildman–Crippen LogP) is 3.19. The number of hydrogen-bond donors (Lipinski definition) is 1. The summed E-state index contributed by atoms with van der Waals surface area (Å²) in [5.74, 6) is 0.405. The maximum atomic E-state index is 14.4. The maximum Gasteiger partial charge on any atom is 0.146 e. The minimum Gasteiger partial charge on any atom is -0.379 e. The largest absolute Gasteiger partial charge is 0.379 e. The van der Waals surface area contributed by atoms with Crippen molar-refractivity contribution in [2.24, 2.45) is 5.92 Å². The number of ether oxygens (including phenoxy) is 1. The van der Waals surface area contributed by atoms with Crippen LogP contribution in [0.2, 0.25) is 0 Å². The highest BCUT2D eigenvalue weighted by Gasteiger charge is 2.27. The number of nitrogens with one attached hydrogen (secondary N) is 1. The Balaban J connectivity index is 2.03. The van der Waals surface area contributed by atoms with E-state index in [-0.39, 0.29) is 11.9 Å². The van der Waals surface area contributed by atoms with E-state index in [1.54, 1.807) is 13.2 Å². The number of halogens is 1. The Hall–Kier alpha value is -1.13. The highest BCUT2D eigenvalue weighted by atomic mass is 19.1. The number of nitrogens with zero attached hydrogens (tertiary/aromatic N) is 1. The highest BCUT2D eigenvalue weighted by Crippen LogP contribution is 2.27. The van der Waals surface area contributed by atoms with Crippen molar-refractivity contribution in [1.82, 2.24) is 5.32 Å². The Bertz CT molecular complexity index is 452. The normalized spacial score (nSPS) is 22.6. The van der Waals surface area contributed by atoms with Crippen LogP contribution in [0, 0.1) is 11.7 Å². The van der Waals surface area contributed by atoms with Crippen LogP contribution in [0.3, 0.4) is 0 Å². The molecular weight excluding hydrogens is 267 g/mol. The van der Waals surface area contributed by atoms with Gasteiger partial charge in [-0.2, -0.15) is 0 Å². The molecule has 4 heteroatoms. The smallest absolute Gasteiger partial charge is 0.146 e. The zero-order valence-electron chi connectivity index (χ0n) is 13.4. The van der Waals surface area contributed by atoms with Gasteiger partial charge in [-0.25, -0.2) is 4.39 Å². The van der Waals surface area contributed by atoms with E-state index < -0.39 is 0 Å². The van der Waals surface area contributed by atoms with Crippen LogP contribution >= 0.6 is 0 Å². The van der Waals surface area contributed by atoms with E-state index in [0.717, 1.165) is 44.6 Å². The molecule has 1 aliphatic heterocycles. The number of hydrogen-bond acceptors (Lipinski definition) is 3. The fraction of sp³-hybridized carbons (Fsp3) is 0.647. The third-order valence-corrected chi connectivity index (χ3v) is 4.30. The third-order valence-electron chi connectivity index (χ3n) is 4.30. The van der Waals surface area contributed by atoms with Gasteiger partial charge in [0, 0.05) is 26.7 Å². The fourth-order valence-electron chi connectivity index (χ4n) is 2.89. The molecule has 1 heterocycles. The van der Waals surface area contributed by atoms with Crippen LogP contribution in [0.25, 0.3) is 0 Å². The first-order chi connectivity index (χ1) is 10.2. The molecule has 0 aromatic heterocycles. The van der Waals surface area contributed by atoms with E-state index in [0.29, 0.717) is 11.6 Å². The lowest BCUT2D eigenvalue weighted by molar-refractivity contribution is 0.0497. The van der Waals surface area contributed by atoms with Gasteiger partial charge in [-0.1, -0.05) is 19.9 Å². The number of anilines is 1. The summed E-state index contributed by atoms with van der Waals surface area (Å²) in [6.45, 7) is 7.67. The molecule has 3 nitrogen and oxygen atoms in total. The van der Waals surface area contributed by atoms with Crippen LogP contribution in [0.15, 0.2) is 18.2 Å². The van der Waals surface area contributed by atoms with Gasteiger partial charge in [-0.05, 0) is 43.0 Å². The molecule has 1 saturated heterocycles. The quantitative estimate of drug-likeness (QED) is 0.816. The summed E-state index contributed by atoms with van der Waals surface area (Å²) >= 11 is 0. The van der Waals surface area contributed by atoms with Gasteiger partial charge >= 0.3 is 0 Å². The Morgan fingerprint density at radius 2 is 2.24 bits per heavy atom. The maximum absolute atomic E-state index is 14.4. The van der Waals surface area contributed by atoms with Gasteiger partial charge in [-0.3, -0.25) is 0 Å². The first kappa shape index (κ1) is 16.2. The standard InChI is InChI=1S/C17H27FN2O/c1-4-8-19-11-14-5-6-16(15(18)10-14)20-9-7-13(2)17(12-20)21-3/h5-6,10,13,17,19H,4,7-9,11-12H2,1-3H3. The van der Waals surface area contributed by atoms with E-state index in [1.807, 2.05) is 12.1 Å². The zero-order valence-corrected chi connectivity index (χ0v) is 13.4. The Morgan fingerprint density at radius 3 is 2.90 bits per heavy atom. The number of methoxy groups -OCH3 is 1. The highest BCUT2D eigenvalue weighted by molar-refractivity contribution is 5.49. The van der Waals surface area contributed by atoms with Crippen LogP contribution in [0.5, 0.6) is 0 Å². The molecule has 2 unspecified atom stereocenters. The molecule has 0 radical (unpaired) electrons. The molecule has 2 rings (SSSR count). The summed E-state index contributed by atoms with van der Waals surface area (Å²) in [6, 6.07) is 5.57. The minimum atomic E-state index is -0.129. The van der Waals surface area contributed by atoms with Crippen molar-refractivity contribution >= 4 is 5.69 Å². The fourth-order valence-corrected chi connectivity index (χ4v) is 2.89. The van der Waals surface area contributed by atoms with Crippen molar-refractivity contribution in [3.05, 3.63) is 29.6 Å². The Kier molecular flexibility index (Phi) is 6.00. The van der Waals surface area contributed by atoms with Crippen LogP contribution in [-0.4, -0.2) is 32.8 Å². The summed E-state index contributed by atoms with van der Waals surface area (Å²) in [6.07, 6.45) is 2.31. The second-order valence-corrected chi connectivity index (χ2v) is 5.95. The lowest BCUT2D eigenvalue weighted by Crippen LogP contribution is -2.44. The molecule has 1 N–H and O–H groups in total. The lowest BCUT2D eigenvalue weighted by atomic mass is 9.95. The second kappa shape index (κ2) is 7.76. The molecule has 0 saturated carbocycles. The van der Waals surface area contributed by atoms with Gasteiger partial charge in [0.1, 0.15) is 5.82 Å². The SMILES string of the molecule is CCCNCc1ccc(N2CCC(C)C(OC)C2)c(F)c1. The Morgan fingerprint density at radius 1 is 1.43 bits per heavy atom. The second-order valence-electron chi connectivity index (χ2n) is 5.95. The molecule has 1 aliphatic rings. The molecule has 0 amide bonds. The van der Waals surface area contributed by atoms with E-state index in [4.69, 9.17) is 4.74 Å². The van der Waals surface area contributed by atoms with Gasteiger partial charge in [-0.15, -0.1) is 0 Å². The summed E-state index contributed by atoms with van der Waals surface area (Å²) < 4.78 is 19.9. The molecule has 0 bridgehead atoms. The molecule has 1 aromatic rings. The van der Waals surface area contributed by atoms with E-state index in [1.165, 1.54) is 0 Å². The van der Waals surface area contributed by atoms with E-state index in [2.05, 4.69) is 24.1 Å². The lowest BCUT2D eigenvalue weighted by Gasteiger charge is -2.37. The van der Waals surface area contributed by atoms with Gasteiger partial charge in [0.15, 0.2) is 0 Å².